The molecule has 1 heterocycles. The summed E-state index contributed by atoms with van der Waals surface area (Å²) >= 11 is 0. The molecule has 0 bridgehead atoms. The third kappa shape index (κ3) is 2.36. The number of hydrogen-bond acceptors (Lipinski definition) is 4. The zero-order valence-electron chi connectivity index (χ0n) is 9.67. The van der Waals surface area contributed by atoms with E-state index in [4.69, 9.17) is 9.26 Å². The molecule has 0 saturated carbocycles. The van der Waals surface area contributed by atoms with Crippen LogP contribution in [-0.4, -0.2) is 23.8 Å². The lowest BCUT2D eigenvalue weighted by atomic mass is 10.1. The summed E-state index contributed by atoms with van der Waals surface area (Å²) in [5, 5.41) is 6.38. The largest absolute Gasteiger partial charge is 0.369 e. The van der Waals surface area contributed by atoms with Gasteiger partial charge in [-0.05, 0) is 27.7 Å². The van der Waals surface area contributed by atoms with Gasteiger partial charge in [0.2, 0.25) is 5.88 Å². The number of carbonyl (C=O) groups excluding carboxylic acids is 1. The molecule has 0 radical (unpaired) electrons. The molecule has 84 valence electrons. The third-order valence-corrected chi connectivity index (χ3v) is 2.44. The number of methoxy groups -OCH3 is 1. The second-order valence-corrected chi connectivity index (χ2v) is 3.89. The van der Waals surface area contributed by atoms with E-state index < -0.39 is 5.60 Å². The van der Waals surface area contributed by atoms with Crippen LogP contribution in [0.3, 0.4) is 0 Å². The van der Waals surface area contributed by atoms with Crippen LogP contribution in [-0.2, 0) is 9.53 Å². The molecule has 15 heavy (non-hydrogen) atoms. The predicted octanol–water partition coefficient (Wildman–Crippen LogP) is 1.65. The summed E-state index contributed by atoms with van der Waals surface area (Å²) in [4.78, 5) is 11.7. The standard InChI is InChI=1S/C10H16N2O3/c1-6-7(2)12-15-8(6)11-9(13)10(3,4)14-5/h1-5H3,(H,11,13). The third-order valence-electron chi connectivity index (χ3n) is 2.44. The lowest BCUT2D eigenvalue weighted by Gasteiger charge is -2.20. The van der Waals surface area contributed by atoms with Crippen LogP contribution in [0.25, 0.3) is 0 Å². The van der Waals surface area contributed by atoms with Gasteiger partial charge in [-0.3, -0.25) is 10.1 Å². The van der Waals surface area contributed by atoms with Crippen molar-refractivity contribution < 1.29 is 14.1 Å². The first-order valence-electron chi connectivity index (χ1n) is 4.68. The van der Waals surface area contributed by atoms with Gasteiger partial charge in [-0.25, -0.2) is 0 Å². The summed E-state index contributed by atoms with van der Waals surface area (Å²) in [5.74, 6) is 0.117. The van der Waals surface area contributed by atoms with Gasteiger partial charge in [-0.15, -0.1) is 0 Å². The van der Waals surface area contributed by atoms with Crippen LogP contribution in [0.1, 0.15) is 25.1 Å². The Hall–Kier alpha value is -1.36. The monoisotopic (exact) mass is 212 g/mol. The molecule has 0 aliphatic heterocycles. The van der Waals surface area contributed by atoms with E-state index in [1.807, 2.05) is 13.8 Å². The van der Waals surface area contributed by atoms with Crippen molar-refractivity contribution in [2.45, 2.75) is 33.3 Å². The van der Waals surface area contributed by atoms with Crippen LogP contribution in [0, 0.1) is 13.8 Å². The quantitative estimate of drug-likeness (QED) is 0.827. The number of carbonyl (C=O) groups is 1. The highest BCUT2D eigenvalue weighted by atomic mass is 16.5. The number of rotatable bonds is 3. The summed E-state index contributed by atoms with van der Waals surface area (Å²) < 4.78 is 10.0. The summed E-state index contributed by atoms with van der Waals surface area (Å²) in [6.45, 7) is 7.01. The van der Waals surface area contributed by atoms with E-state index in [0.717, 1.165) is 11.3 Å². The van der Waals surface area contributed by atoms with Gasteiger partial charge in [0.1, 0.15) is 5.60 Å². The molecule has 0 saturated heterocycles. The first-order valence-corrected chi connectivity index (χ1v) is 4.68. The lowest BCUT2D eigenvalue weighted by molar-refractivity contribution is -0.133. The molecule has 1 amide bonds. The number of nitrogens with one attached hydrogen (secondary N) is 1. The molecule has 0 aliphatic carbocycles. The summed E-state index contributed by atoms with van der Waals surface area (Å²) in [6, 6.07) is 0. The molecule has 0 unspecified atom stereocenters. The Bertz CT molecular complexity index is 369. The Morgan fingerprint density at radius 2 is 2.07 bits per heavy atom. The number of hydrogen-bond donors (Lipinski definition) is 1. The number of anilines is 1. The average Bonchev–Trinajstić information content (AvgIpc) is 2.49. The molecule has 1 rings (SSSR count). The van der Waals surface area contributed by atoms with E-state index in [-0.39, 0.29) is 5.91 Å². The minimum atomic E-state index is -0.882. The number of ether oxygens (including phenoxy) is 1. The zero-order chi connectivity index (χ0) is 11.6. The van der Waals surface area contributed by atoms with E-state index in [1.54, 1.807) is 13.8 Å². The van der Waals surface area contributed by atoms with E-state index in [2.05, 4.69) is 10.5 Å². The van der Waals surface area contributed by atoms with Crippen LogP contribution < -0.4 is 5.32 Å². The van der Waals surface area contributed by atoms with Crippen LogP contribution in [0.5, 0.6) is 0 Å². The first-order chi connectivity index (χ1) is 6.88. The zero-order valence-corrected chi connectivity index (χ0v) is 9.67. The van der Waals surface area contributed by atoms with Gasteiger partial charge in [0.05, 0.1) is 5.69 Å². The molecule has 5 nitrogen and oxygen atoms in total. The van der Waals surface area contributed by atoms with Crippen LogP contribution in [0.15, 0.2) is 4.52 Å². The van der Waals surface area contributed by atoms with Crippen molar-refractivity contribution in [3.63, 3.8) is 0 Å². The molecule has 0 aliphatic rings. The van der Waals surface area contributed by atoms with E-state index in [1.165, 1.54) is 7.11 Å². The highest BCUT2D eigenvalue weighted by Gasteiger charge is 2.28. The Balaban J connectivity index is 2.79. The topological polar surface area (TPSA) is 64.4 Å². The molecule has 5 heteroatoms. The van der Waals surface area contributed by atoms with Crippen molar-refractivity contribution in [3.05, 3.63) is 11.3 Å². The van der Waals surface area contributed by atoms with E-state index in [0.29, 0.717) is 5.88 Å². The number of aryl methyl sites for hydroxylation is 1. The molecule has 1 N–H and O–H groups in total. The normalized spacial score (nSPS) is 11.5. The molecule has 0 spiro atoms. The molecule has 1 aromatic heterocycles. The van der Waals surface area contributed by atoms with Gasteiger partial charge in [0.25, 0.3) is 5.91 Å². The van der Waals surface area contributed by atoms with Crippen molar-refractivity contribution in [1.29, 1.82) is 0 Å². The minimum Gasteiger partial charge on any atom is -0.369 e. The number of amides is 1. The van der Waals surface area contributed by atoms with Gasteiger partial charge >= 0.3 is 0 Å². The lowest BCUT2D eigenvalue weighted by Crippen LogP contribution is -2.38. The summed E-state index contributed by atoms with van der Waals surface area (Å²) in [6.07, 6.45) is 0. The van der Waals surface area contributed by atoms with E-state index >= 15 is 0 Å². The second-order valence-electron chi connectivity index (χ2n) is 3.89. The highest BCUT2D eigenvalue weighted by molar-refractivity contribution is 5.96. The average molecular weight is 212 g/mol. The fourth-order valence-electron chi connectivity index (χ4n) is 0.878. The van der Waals surface area contributed by atoms with Gasteiger partial charge < -0.3 is 9.26 Å². The summed E-state index contributed by atoms with van der Waals surface area (Å²) in [7, 11) is 1.48. The highest BCUT2D eigenvalue weighted by Crippen LogP contribution is 2.19. The predicted molar refractivity (Wildman–Crippen MR) is 55.7 cm³/mol. The first kappa shape index (κ1) is 11.7. The smallest absolute Gasteiger partial charge is 0.258 e. The molecule has 0 aromatic carbocycles. The van der Waals surface area contributed by atoms with Crippen LogP contribution in [0.2, 0.25) is 0 Å². The van der Waals surface area contributed by atoms with Gasteiger partial charge in [0, 0.05) is 12.7 Å². The SMILES string of the molecule is COC(C)(C)C(=O)Nc1onc(C)c1C. The van der Waals surface area contributed by atoms with Gasteiger partial charge in [0.15, 0.2) is 0 Å². The maximum atomic E-state index is 11.7. The van der Waals surface area contributed by atoms with E-state index in [9.17, 15) is 4.79 Å². The maximum absolute atomic E-state index is 11.7. The number of nitrogens with zero attached hydrogens (tertiary/aromatic N) is 1. The Morgan fingerprint density at radius 1 is 1.47 bits per heavy atom. The van der Waals surface area contributed by atoms with Crippen molar-refractivity contribution in [3.8, 4) is 0 Å². The molecule has 1 aromatic rings. The fraction of sp³-hybridized carbons (Fsp3) is 0.600. The van der Waals surface area contributed by atoms with Crippen LogP contribution in [0.4, 0.5) is 5.88 Å². The number of aromatic nitrogens is 1. The van der Waals surface area contributed by atoms with Crippen molar-refractivity contribution in [1.82, 2.24) is 5.16 Å². The fourth-order valence-corrected chi connectivity index (χ4v) is 0.878. The van der Waals surface area contributed by atoms with Crippen molar-refractivity contribution in [2.75, 3.05) is 12.4 Å². The van der Waals surface area contributed by atoms with Crippen LogP contribution >= 0.6 is 0 Å². The minimum absolute atomic E-state index is 0.260. The maximum Gasteiger partial charge on any atom is 0.258 e. The Kier molecular flexibility index (Phi) is 3.14. The Morgan fingerprint density at radius 3 is 2.47 bits per heavy atom. The van der Waals surface area contributed by atoms with Crippen molar-refractivity contribution in [2.24, 2.45) is 0 Å². The van der Waals surface area contributed by atoms with Crippen molar-refractivity contribution >= 4 is 11.8 Å². The molecular formula is C10H16N2O3. The summed E-state index contributed by atoms with van der Waals surface area (Å²) in [5.41, 5.74) is 0.712. The molecule has 0 fully saturated rings. The second kappa shape index (κ2) is 4.02. The molecular weight excluding hydrogens is 196 g/mol. The van der Waals surface area contributed by atoms with Gasteiger partial charge in [-0.1, -0.05) is 5.16 Å². The Labute approximate surface area is 88.8 Å². The van der Waals surface area contributed by atoms with Gasteiger partial charge in [-0.2, -0.15) is 0 Å². The molecule has 0 atom stereocenters.